The van der Waals surface area contributed by atoms with Crippen LogP contribution in [0.25, 0.3) is 16.3 Å². The average Bonchev–Trinajstić information content (AvgIpc) is 3.41. The zero-order chi connectivity index (χ0) is 20.1. The van der Waals surface area contributed by atoms with E-state index in [1.54, 1.807) is 0 Å². The molecule has 3 heteroatoms. The predicted molar refractivity (Wildman–Crippen MR) is 123 cm³/mol. The van der Waals surface area contributed by atoms with E-state index in [0.29, 0.717) is 6.04 Å². The number of hydrogen-bond donors (Lipinski definition) is 0. The molecule has 2 fully saturated rings. The zero-order valence-electron chi connectivity index (χ0n) is 18.2. The van der Waals surface area contributed by atoms with Gasteiger partial charge in [-0.3, -0.25) is 0 Å². The lowest BCUT2D eigenvalue weighted by atomic mass is 9.82. The maximum absolute atomic E-state index is 2.61. The summed E-state index contributed by atoms with van der Waals surface area (Å²) in [5.41, 5.74) is 5.46. The van der Waals surface area contributed by atoms with Crippen LogP contribution in [0.4, 0.5) is 0 Å². The highest BCUT2D eigenvalue weighted by molar-refractivity contribution is 7.18. The zero-order valence-corrected chi connectivity index (χ0v) is 19.0. The van der Waals surface area contributed by atoms with E-state index in [2.05, 4.69) is 79.7 Å². The van der Waals surface area contributed by atoms with Crippen molar-refractivity contribution in [1.82, 2.24) is 4.90 Å². The number of nitrogens with zero attached hydrogens (tertiary/aromatic N) is 2. The van der Waals surface area contributed by atoms with Gasteiger partial charge >= 0.3 is 0 Å². The summed E-state index contributed by atoms with van der Waals surface area (Å²) in [6.07, 6.45) is 13.0. The van der Waals surface area contributed by atoms with Crippen molar-refractivity contribution in [3.05, 3.63) is 58.4 Å². The molecule has 2 aromatic rings. The van der Waals surface area contributed by atoms with Gasteiger partial charge in [-0.05, 0) is 88.5 Å². The quantitative estimate of drug-likeness (QED) is 0.524. The van der Waals surface area contributed by atoms with Crippen LogP contribution in [0.15, 0.2) is 53.4 Å². The molecule has 4 atom stereocenters. The Labute approximate surface area is 179 Å². The Bertz CT molecular complexity index is 1000. The Hall–Kier alpha value is -1.87. The van der Waals surface area contributed by atoms with Crippen LogP contribution in [0.1, 0.15) is 58.4 Å². The SMILES string of the molecule is CC[n+]1c(C=C2C=C(C)N(C(C)C3CC4CCC3C4)C(C)=C2)sc2ccccc21. The number of allylic oxidation sites excluding steroid dienone is 5. The summed E-state index contributed by atoms with van der Waals surface area (Å²) >= 11 is 1.89. The molecule has 4 unspecified atom stereocenters. The van der Waals surface area contributed by atoms with Crippen LogP contribution in [0.2, 0.25) is 0 Å². The molecule has 29 heavy (non-hydrogen) atoms. The highest BCUT2D eigenvalue weighted by Crippen LogP contribution is 2.51. The summed E-state index contributed by atoms with van der Waals surface area (Å²) in [4.78, 5) is 2.61. The number of hydrogen-bond acceptors (Lipinski definition) is 2. The van der Waals surface area contributed by atoms with Crippen molar-refractivity contribution in [3.8, 4) is 0 Å². The third-order valence-corrected chi connectivity index (χ3v) is 8.69. The molecule has 0 N–H and O–H groups in total. The molecule has 2 bridgehead atoms. The molecule has 0 saturated heterocycles. The second kappa shape index (κ2) is 7.43. The Morgan fingerprint density at radius 1 is 1.14 bits per heavy atom. The predicted octanol–water partition coefficient (Wildman–Crippen LogP) is 6.54. The van der Waals surface area contributed by atoms with Crippen molar-refractivity contribution in [3.63, 3.8) is 0 Å². The molecule has 0 spiro atoms. The number of aryl methyl sites for hydroxylation is 1. The summed E-state index contributed by atoms with van der Waals surface area (Å²) in [7, 11) is 0. The monoisotopic (exact) mass is 405 g/mol. The fourth-order valence-corrected chi connectivity index (χ4v) is 7.56. The fourth-order valence-electron chi connectivity index (χ4n) is 6.37. The Morgan fingerprint density at radius 2 is 1.90 bits per heavy atom. The lowest BCUT2D eigenvalue weighted by Crippen LogP contribution is -2.39. The second-order valence-electron chi connectivity index (χ2n) is 9.32. The van der Waals surface area contributed by atoms with Gasteiger partial charge in [0.05, 0.1) is 0 Å². The molecule has 152 valence electrons. The molecule has 0 radical (unpaired) electrons. The molecule has 2 nitrogen and oxygen atoms in total. The first-order valence-corrected chi connectivity index (χ1v) is 12.2. The number of rotatable bonds is 4. The minimum absolute atomic E-state index is 0.615. The first-order valence-electron chi connectivity index (χ1n) is 11.3. The molecular weight excluding hydrogens is 372 g/mol. The summed E-state index contributed by atoms with van der Waals surface area (Å²) in [6.45, 7) is 10.3. The third kappa shape index (κ3) is 3.28. The van der Waals surface area contributed by atoms with Crippen LogP contribution in [0.5, 0.6) is 0 Å². The van der Waals surface area contributed by atoms with Gasteiger partial charge in [-0.15, -0.1) is 0 Å². The van der Waals surface area contributed by atoms with E-state index >= 15 is 0 Å². The second-order valence-corrected chi connectivity index (χ2v) is 10.4. The number of para-hydroxylation sites is 1. The van der Waals surface area contributed by atoms with Gasteiger partial charge in [0.1, 0.15) is 11.2 Å². The van der Waals surface area contributed by atoms with Crippen LogP contribution in [-0.2, 0) is 6.54 Å². The highest BCUT2D eigenvalue weighted by atomic mass is 32.1. The van der Waals surface area contributed by atoms with Crippen LogP contribution in [0, 0.1) is 17.8 Å². The summed E-state index contributed by atoms with van der Waals surface area (Å²) < 4.78 is 3.80. The van der Waals surface area contributed by atoms with E-state index in [1.165, 1.54) is 57.9 Å². The first kappa shape index (κ1) is 19.1. The van der Waals surface area contributed by atoms with Crippen molar-refractivity contribution in [2.24, 2.45) is 17.8 Å². The van der Waals surface area contributed by atoms with Gasteiger partial charge in [-0.25, -0.2) is 0 Å². The molecule has 1 aromatic heterocycles. The van der Waals surface area contributed by atoms with Gasteiger partial charge in [0.15, 0.2) is 0 Å². The van der Waals surface area contributed by atoms with Gasteiger partial charge in [-0.1, -0.05) is 29.9 Å². The molecule has 2 aliphatic carbocycles. The van der Waals surface area contributed by atoms with Crippen molar-refractivity contribution in [1.29, 1.82) is 0 Å². The smallest absolute Gasteiger partial charge is 0.263 e. The van der Waals surface area contributed by atoms with Crippen molar-refractivity contribution >= 4 is 27.6 Å². The summed E-state index contributed by atoms with van der Waals surface area (Å²) in [5, 5.41) is 1.34. The van der Waals surface area contributed by atoms with E-state index in [1.807, 2.05) is 11.3 Å². The van der Waals surface area contributed by atoms with Crippen molar-refractivity contribution < 1.29 is 4.57 Å². The molecule has 3 aliphatic rings. The lowest BCUT2D eigenvalue weighted by molar-refractivity contribution is -0.665. The van der Waals surface area contributed by atoms with E-state index in [4.69, 9.17) is 0 Å². The maximum atomic E-state index is 2.61. The molecule has 1 aliphatic heterocycles. The number of fused-ring (bicyclic) bond motifs is 3. The Morgan fingerprint density at radius 3 is 2.55 bits per heavy atom. The van der Waals surface area contributed by atoms with Crippen molar-refractivity contribution in [2.45, 2.75) is 66.0 Å². The maximum Gasteiger partial charge on any atom is 0.263 e. The summed E-state index contributed by atoms with van der Waals surface area (Å²) in [5.74, 6) is 2.85. The number of thiazole rings is 1. The van der Waals surface area contributed by atoms with E-state index in [9.17, 15) is 0 Å². The minimum atomic E-state index is 0.615. The van der Waals surface area contributed by atoms with Gasteiger partial charge in [0.25, 0.3) is 5.01 Å². The van der Waals surface area contributed by atoms with E-state index < -0.39 is 0 Å². The number of benzene rings is 1. The topological polar surface area (TPSA) is 7.12 Å². The van der Waals surface area contributed by atoms with Gasteiger partial charge < -0.3 is 4.90 Å². The van der Waals surface area contributed by atoms with Crippen LogP contribution >= 0.6 is 11.3 Å². The lowest BCUT2D eigenvalue weighted by Gasteiger charge is -2.41. The normalized spacial score (nSPS) is 27.4. The van der Waals surface area contributed by atoms with Gasteiger partial charge in [0, 0.05) is 29.6 Å². The molecule has 5 rings (SSSR count). The van der Waals surface area contributed by atoms with Crippen LogP contribution in [0.3, 0.4) is 0 Å². The molecular formula is C26H33N2S+. The third-order valence-electron chi connectivity index (χ3n) is 7.57. The molecule has 1 aromatic carbocycles. The van der Waals surface area contributed by atoms with Crippen LogP contribution < -0.4 is 4.57 Å². The van der Waals surface area contributed by atoms with E-state index in [-0.39, 0.29) is 0 Å². The fraction of sp³-hybridized carbons (Fsp3) is 0.500. The van der Waals surface area contributed by atoms with Crippen LogP contribution in [-0.4, -0.2) is 10.9 Å². The molecule has 2 saturated carbocycles. The largest absolute Gasteiger partial charge is 0.346 e. The number of aromatic nitrogens is 1. The first-order chi connectivity index (χ1) is 14.0. The molecule has 0 amide bonds. The van der Waals surface area contributed by atoms with Gasteiger partial charge in [0.2, 0.25) is 5.52 Å². The minimum Gasteiger partial charge on any atom is -0.346 e. The Kier molecular flexibility index (Phi) is 4.90. The van der Waals surface area contributed by atoms with Crippen molar-refractivity contribution in [2.75, 3.05) is 0 Å². The summed E-state index contributed by atoms with van der Waals surface area (Å²) in [6, 6.07) is 9.36. The standard InChI is InChI=1S/C26H33N2S/c1-5-27-24-8-6-7-9-25(24)29-26(27)16-21-12-17(2)28(18(3)13-21)19(4)23-15-20-10-11-22(23)14-20/h6-9,12-13,16,19-20,22-23H,5,10-11,14-15H2,1-4H3/q+1. The average molecular weight is 406 g/mol. The Balaban J connectivity index is 1.44. The highest BCUT2D eigenvalue weighted by Gasteiger charge is 2.43. The van der Waals surface area contributed by atoms with Gasteiger partial charge in [-0.2, -0.15) is 4.57 Å². The molecule has 2 heterocycles. The van der Waals surface area contributed by atoms with E-state index in [0.717, 1.165) is 24.3 Å².